The van der Waals surface area contributed by atoms with E-state index < -0.39 is 10.0 Å². The second-order valence-electron chi connectivity index (χ2n) is 6.52. The second-order valence-corrected chi connectivity index (χ2v) is 8.09. The summed E-state index contributed by atoms with van der Waals surface area (Å²) in [5.41, 5.74) is 1.12. The van der Waals surface area contributed by atoms with Crippen LogP contribution in [-0.2, 0) is 21.4 Å². The lowest BCUT2D eigenvalue weighted by Crippen LogP contribution is -2.33. The van der Waals surface area contributed by atoms with Gasteiger partial charge in [-0.05, 0) is 41.0 Å². The molecule has 3 rings (SSSR count). The molecule has 2 N–H and O–H groups in total. The maximum absolute atomic E-state index is 11.5. The number of hydrogen-bond acceptors (Lipinski definition) is 4. The molecule has 1 aliphatic heterocycles. The fraction of sp³-hybridized carbons (Fsp3) is 0.389. The van der Waals surface area contributed by atoms with Gasteiger partial charge in [-0.1, -0.05) is 18.2 Å². The lowest BCUT2D eigenvalue weighted by atomic mass is 10.1. The molecule has 0 saturated carbocycles. The monoisotopic (exact) mass is 361 g/mol. The number of hydrogen-bond donors (Lipinski definition) is 1. The molecule has 0 spiro atoms. The van der Waals surface area contributed by atoms with Crippen molar-refractivity contribution in [3.63, 3.8) is 0 Å². The van der Waals surface area contributed by atoms with E-state index in [4.69, 9.17) is 5.14 Å². The fourth-order valence-corrected chi connectivity index (χ4v) is 3.80. The first-order valence-electron chi connectivity index (χ1n) is 8.36. The van der Waals surface area contributed by atoms with Crippen LogP contribution in [0.2, 0.25) is 0 Å². The predicted molar refractivity (Wildman–Crippen MR) is 97.5 cm³/mol. The van der Waals surface area contributed by atoms with Gasteiger partial charge in [-0.2, -0.15) is 0 Å². The number of fused-ring (bicyclic) bond motifs is 1. The number of sulfonamides is 1. The van der Waals surface area contributed by atoms with Gasteiger partial charge >= 0.3 is 0 Å². The quantitative estimate of drug-likeness (QED) is 0.899. The van der Waals surface area contributed by atoms with E-state index in [0.29, 0.717) is 0 Å². The van der Waals surface area contributed by atoms with E-state index >= 15 is 0 Å². The van der Waals surface area contributed by atoms with Crippen LogP contribution < -0.4 is 5.14 Å². The van der Waals surface area contributed by atoms with Crippen LogP contribution >= 0.6 is 0 Å². The summed E-state index contributed by atoms with van der Waals surface area (Å²) in [5, 5.41) is 7.07. The molecular formula is C18H23N3O3S. The molecule has 1 saturated heterocycles. The van der Waals surface area contributed by atoms with E-state index in [1.54, 1.807) is 19.1 Å². The molecule has 0 radical (unpaired) electrons. The Hall–Kier alpha value is -1.96. The average Bonchev–Trinajstić information content (AvgIpc) is 2.79. The molecule has 1 aliphatic rings. The number of nitrogens with zero attached hydrogens (tertiary/aromatic N) is 2. The number of carbonyl (C=O) groups excluding carboxylic acids is 1. The van der Waals surface area contributed by atoms with Crippen molar-refractivity contribution < 1.29 is 13.2 Å². The van der Waals surface area contributed by atoms with Crippen LogP contribution in [0.15, 0.2) is 41.3 Å². The average molecular weight is 361 g/mol. The third kappa shape index (κ3) is 4.36. The van der Waals surface area contributed by atoms with Gasteiger partial charge in [-0.25, -0.2) is 13.6 Å². The largest absolute Gasteiger partial charge is 0.342 e. The molecule has 7 heteroatoms. The van der Waals surface area contributed by atoms with Crippen LogP contribution in [-0.4, -0.2) is 50.3 Å². The van der Waals surface area contributed by atoms with E-state index in [2.05, 4.69) is 11.0 Å². The minimum Gasteiger partial charge on any atom is -0.342 e. The van der Waals surface area contributed by atoms with Crippen molar-refractivity contribution in [3.05, 3.63) is 42.0 Å². The number of primary sulfonamides is 1. The summed E-state index contributed by atoms with van der Waals surface area (Å²) >= 11 is 0. The molecule has 2 aromatic carbocycles. The summed E-state index contributed by atoms with van der Waals surface area (Å²) < 4.78 is 23.1. The molecule has 1 heterocycles. The van der Waals surface area contributed by atoms with Crippen LogP contribution in [0, 0.1) is 0 Å². The zero-order chi connectivity index (χ0) is 18.0. The Morgan fingerprint density at radius 1 is 1.04 bits per heavy atom. The van der Waals surface area contributed by atoms with E-state index in [1.165, 1.54) is 6.07 Å². The second kappa shape index (κ2) is 7.11. The van der Waals surface area contributed by atoms with Crippen LogP contribution in [0.5, 0.6) is 0 Å². The van der Waals surface area contributed by atoms with Gasteiger partial charge in [0.15, 0.2) is 0 Å². The lowest BCUT2D eigenvalue weighted by molar-refractivity contribution is -0.128. The zero-order valence-corrected chi connectivity index (χ0v) is 15.1. The Morgan fingerprint density at radius 2 is 1.80 bits per heavy atom. The first kappa shape index (κ1) is 17.8. The highest BCUT2D eigenvalue weighted by atomic mass is 32.2. The standard InChI is InChI=1S/C18H23N3O3S/c1-14(22)21-8-2-7-20(9-10-21)13-15-3-4-16-5-6-18(25(19,23)24)12-17(16)11-15/h3-6,11-12H,2,7-10,13H2,1H3,(H2,19,23,24). The summed E-state index contributed by atoms with van der Waals surface area (Å²) in [7, 11) is -3.70. The molecule has 0 bridgehead atoms. The van der Waals surface area contributed by atoms with Crippen molar-refractivity contribution in [2.45, 2.75) is 24.8 Å². The smallest absolute Gasteiger partial charge is 0.238 e. The van der Waals surface area contributed by atoms with Gasteiger partial charge < -0.3 is 4.90 Å². The molecule has 0 unspecified atom stereocenters. The summed E-state index contributed by atoms with van der Waals surface area (Å²) in [4.78, 5) is 15.9. The Bertz CT molecular complexity index is 896. The first-order chi connectivity index (χ1) is 11.8. The summed E-state index contributed by atoms with van der Waals surface area (Å²) in [5.74, 6) is 0.128. The molecule has 134 valence electrons. The number of carbonyl (C=O) groups is 1. The van der Waals surface area contributed by atoms with Crippen molar-refractivity contribution in [3.8, 4) is 0 Å². The predicted octanol–water partition coefficient (Wildman–Crippen LogP) is 1.54. The van der Waals surface area contributed by atoms with Crippen molar-refractivity contribution in [2.75, 3.05) is 26.2 Å². The van der Waals surface area contributed by atoms with E-state index in [1.807, 2.05) is 17.0 Å². The minimum absolute atomic E-state index is 0.128. The van der Waals surface area contributed by atoms with Gasteiger partial charge in [0.05, 0.1) is 4.90 Å². The van der Waals surface area contributed by atoms with Gasteiger partial charge in [-0.15, -0.1) is 0 Å². The Labute approximate surface area is 148 Å². The number of rotatable bonds is 3. The van der Waals surface area contributed by atoms with Gasteiger partial charge in [0.2, 0.25) is 15.9 Å². The highest BCUT2D eigenvalue weighted by Crippen LogP contribution is 2.21. The van der Waals surface area contributed by atoms with Crippen molar-refractivity contribution >= 4 is 26.7 Å². The van der Waals surface area contributed by atoms with Crippen molar-refractivity contribution in [1.82, 2.24) is 9.80 Å². The minimum atomic E-state index is -3.70. The topological polar surface area (TPSA) is 83.7 Å². The highest BCUT2D eigenvalue weighted by Gasteiger charge is 2.16. The Balaban J connectivity index is 1.78. The van der Waals surface area contributed by atoms with E-state index in [9.17, 15) is 13.2 Å². The van der Waals surface area contributed by atoms with E-state index in [0.717, 1.165) is 55.5 Å². The highest BCUT2D eigenvalue weighted by molar-refractivity contribution is 7.89. The summed E-state index contributed by atoms with van der Waals surface area (Å²) in [6.07, 6.45) is 0.961. The molecule has 25 heavy (non-hydrogen) atoms. The van der Waals surface area contributed by atoms with Crippen LogP contribution in [0.3, 0.4) is 0 Å². The molecule has 0 aliphatic carbocycles. The van der Waals surface area contributed by atoms with Crippen LogP contribution in [0.25, 0.3) is 10.8 Å². The van der Waals surface area contributed by atoms with Gasteiger partial charge in [-0.3, -0.25) is 9.69 Å². The van der Waals surface area contributed by atoms with Crippen LogP contribution in [0.1, 0.15) is 18.9 Å². The summed E-state index contributed by atoms with van der Waals surface area (Å²) in [6.45, 7) is 5.73. The molecule has 0 atom stereocenters. The molecule has 1 amide bonds. The molecule has 6 nitrogen and oxygen atoms in total. The normalized spacial score (nSPS) is 16.8. The number of nitrogens with two attached hydrogens (primary N) is 1. The molecule has 0 aromatic heterocycles. The van der Waals surface area contributed by atoms with Gasteiger partial charge in [0.25, 0.3) is 0 Å². The fourth-order valence-electron chi connectivity index (χ4n) is 3.25. The first-order valence-corrected chi connectivity index (χ1v) is 9.91. The third-order valence-electron chi connectivity index (χ3n) is 4.64. The molecular weight excluding hydrogens is 338 g/mol. The lowest BCUT2D eigenvalue weighted by Gasteiger charge is -2.21. The Kier molecular flexibility index (Phi) is 5.08. The van der Waals surface area contributed by atoms with Gasteiger partial charge in [0.1, 0.15) is 0 Å². The third-order valence-corrected chi connectivity index (χ3v) is 5.56. The van der Waals surface area contributed by atoms with E-state index in [-0.39, 0.29) is 10.8 Å². The van der Waals surface area contributed by atoms with Crippen LogP contribution in [0.4, 0.5) is 0 Å². The number of amides is 1. The van der Waals surface area contributed by atoms with Gasteiger partial charge in [0, 0.05) is 39.6 Å². The molecule has 2 aromatic rings. The van der Waals surface area contributed by atoms with Crippen molar-refractivity contribution in [2.24, 2.45) is 5.14 Å². The molecule has 1 fully saturated rings. The SMILES string of the molecule is CC(=O)N1CCCN(Cc2ccc3ccc(S(N)(=O)=O)cc3c2)CC1. The Morgan fingerprint density at radius 3 is 2.52 bits per heavy atom. The van der Waals surface area contributed by atoms with Crippen molar-refractivity contribution in [1.29, 1.82) is 0 Å². The number of benzene rings is 2. The summed E-state index contributed by atoms with van der Waals surface area (Å²) in [6, 6.07) is 11.0. The maximum atomic E-state index is 11.5. The maximum Gasteiger partial charge on any atom is 0.238 e. The zero-order valence-electron chi connectivity index (χ0n) is 14.3.